The Morgan fingerprint density at radius 2 is 1.52 bits per heavy atom. The van der Waals surface area contributed by atoms with E-state index in [0.717, 1.165) is 42.7 Å². The van der Waals surface area contributed by atoms with Crippen LogP contribution >= 0.6 is 0 Å². The molecule has 3 aliphatic rings. The summed E-state index contributed by atoms with van der Waals surface area (Å²) in [5.74, 6) is 1.48. The Labute approximate surface area is 249 Å². The van der Waals surface area contributed by atoms with Crippen molar-refractivity contribution in [3.05, 3.63) is 34.7 Å². The minimum Gasteiger partial charge on any atom is -0.490 e. The highest BCUT2D eigenvalue weighted by Crippen LogP contribution is 2.48. The average molecular weight is 563 g/mol. The summed E-state index contributed by atoms with van der Waals surface area (Å²) in [4.78, 5) is 0. The average Bonchev–Trinajstić information content (AvgIpc) is 3.49. The molecule has 0 bridgehead atoms. The Bertz CT molecular complexity index is 826. The van der Waals surface area contributed by atoms with Crippen molar-refractivity contribution < 1.29 is 9.13 Å². The normalized spacial score (nSPS) is 20.1. The third-order valence-electron chi connectivity index (χ3n) is 8.62. The van der Waals surface area contributed by atoms with Crippen molar-refractivity contribution in [2.45, 2.75) is 159 Å². The number of halogens is 1. The van der Waals surface area contributed by atoms with Gasteiger partial charge in [-0.05, 0) is 107 Å². The van der Waals surface area contributed by atoms with E-state index in [4.69, 9.17) is 4.74 Å². The minimum atomic E-state index is -0.223. The minimum absolute atomic E-state index is 0.223. The molecule has 0 aliphatic heterocycles. The summed E-state index contributed by atoms with van der Waals surface area (Å²) >= 11 is 0. The van der Waals surface area contributed by atoms with Crippen molar-refractivity contribution in [3.8, 4) is 5.75 Å². The first-order valence-electron chi connectivity index (χ1n) is 16.8. The summed E-state index contributed by atoms with van der Waals surface area (Å²) in [7, 11) is 1.72. The molecule has 2 atom stereocenters. The van der Waals surface area contributed by atoms with Crippen LogP contribution in [0.2, 0.25) is 0 Å². The van der Waals surface area contributed by atoms with Crippen molar-refractivity contribution in [1.82, 2.24) is 5.32 Å². The van der Waals surface area contributed by atoms with Gasteiger partial charge in [-0.2, -0.15) is 0 Å². The van der Waals surface area contributed by atoms with E-state index in [2.05, 4.69) is 38.3 Å². The lowest BCUT2D eigenvalue weighted by atomic mass is 9.59. The molecular formula is C36H67FN2O. The van der Waals surface area contributed by atoms with Crippen LogP contribution in [0.15, 0.2) is 23.3 Å². The zero-order valence-electron chi connectivity index (χ0n) is 28.7. The number of aryl methyl sites for hydroxylation is 1. The van der Waals surface area contributed by atoms with Crippen LogP contribution in [0.5, 0.6) is 5.75 Å². The Morgan fingerprint density at radius 1 is 0.925 bits per heavy atom. The molecule has 0 saturated heterocycles. The van der Waals surface area contributed by atoms with Crippen LogP contribution in [0.1, 0.15) is 145 Å². The molecule has 2 unspecified atom stereocenters. The molecule has 4 rings (SSSR count). The van der Waals surface area contributed by atoms with Crippen LogP contribution in [0.25, 0.3) is 0 Å². The first kappa shape index (κ1) is 38.5. The molecule has 2 N–H and O–H groups in total. The van der Waals surface area contributed by atoms with Gasteiger partial charge in [0, 0.05) is 25.7 Å². The van der Waals surface area contributed by atoms with Crippen molar-refractivity contribution >= 4 is 5.69 Å². The van der Waals surface area contributed by atoms with Crippen LogP contribution in [-0.4, -0.2) is 25.7 Å². The van der Waals surface area contributed by atoms with Gasteiger partial charge >= 0.3 is 0 Å². The van der Waals surface area contributed by atoms with Crippen molar-refractivity contribution in [1.29, 1.82) is 0 Å². The molecule has 1 aromatic rings. The van der Waals surface area contributed by atoms with E-state index in [-0.39, 0.29) is 5.82 Å². The smallest absolute Gasteiger partial charge is 0.146 e. The van der Waals surface area contributed by atoms with Crippen LogP contribution in [0.4, 0.5) is 10.1 Å². The molecular weight excluding hydrogens is 495 g/mol. The zero-order valence-corrected chi connectivity index (χ0v) is 28.7. The van der Waals surface area contributed by atoms with E-state index in [0.29, 0.717) is 17.2 Å². The third kappa shape index (κ3) is 12.1. The predicted octanol–water partition coefficient (Wildman–Crippen LogP) is 11.3. The lowest BCUT2D eigenvalue weighted by Gasteiger charge is -2.49. The SMILES string of the molecule is CC.CC.CC.CCC(NCC1=C(C)CCCC1)C1CCC1(C)C.CNc1cc(OC2CCCC2)c(C)cc1F. The fourth-order valence-electron chi connectivity index (χ4n) is 5.97. The molecule has 40 heavy (non-hydrogen) atoms. The van der Waals surface area contributed by atoms with Gasteiger partial charge in [0.1, 0.15) is 11.6 Å². The van der Waals surface area contributed by atoms with Gasteiger partial charge in [0.05, 0.1) is 11.8 Å². The molecule has 1 aromatic carbocycles. The van der Waals surface area contributed by atoms with Gasteiger partial charge in [0.15, 0.2) is 0 Å². The highest BCUT2D eigenvalue weighted by Gasteiger charge is 2.42. The molecule has 4 heteroatoms. The maximum atomic E-state index is 13.4. The van der Waals surface area contributed by atoms with E-state index in [9.17, 15) is 4.39 Å². The number of hydrogen-bond acceptors (Lipinski definition) is 3. The number of rotatable bonds is 8. The van der Waals surface area contributed by atoms with E-state index in [1.165, 1.54) is 63.9 Å². The van der Waals surface area contributed by atoms with Crippen LogP contribution in [-0.2, 0) is 0 Å². The van der Waals surface area contributed by atoms with Gasteiger partial charge in [-0.3, -0.25) is 0 Å². The third-order valence-corrected chi connectivity index (χ3v) is 8.62. The molecule has 0 aromatic heterocycles. The van der Waals surface area contributed by atoms with Gasteiger partial charge < -0.3 is 15.4 Å². The number of allylic oxidation sites excluding steroid dienone is 1. The number of hydrogen-bond donors (Lipinski definition) is 2. The first-order chi connectivity index (χ1) is 19.2. The maximum absolute atomic E-state index is 13.4. The quantitative estimate of drug-likeness (QED) is 0.309. The van der Waals surface area contributed by atoms with Crippen molar-refractivity contribution in [3.63, 3.8) is 0 Å². The predicted molar refractivity (Wildman–Crippen MR) is 177 cm³/mol. The van der Waals surface area contributed by atoms with Gasteiger partial charge in [-0.1, -0.05) is 73.5 Å². The molecule has 0 spiro atoms. The van der Waals surface area contributed by atoms with Crippen molar-refractivity contribution in [2.24, 2.45) is 11.3 Å². The fourth-order valence-corrected chi connectivity index (χ4v) is 5.97. The Hall–Kier alpha value is -1.55. The number of ether oxygens (including phenoxy) is 1. The second-order valence-electron chi connectivity index (χ2n) is 11.5. The van der Waals surface area contributed by atoms with Gasteiger partial charge in [-0.25, -0.2) is 4.39 Å². The Balaban J connectivity index is 0.000000644. The second kappa shape index (κ2) is 21.2. The van der Waals surface area contributed by atoms with E-state index in [1.807, 2.05) is 48.5 Å². The molecule has 3 aliphatic carbocycles. The lowest BCUT2D eigenvalue weighted by Crippen LogP contribution is -2.49. The van der Waals surface area contributed by atoms with Gasteiger partial charge in [-0.15, -0.1) is 0 Å². The topological polar surface area (TPSA) is 33.3 Å². The monoisotopic (exact) mass is 563 g/mol. The van der Waals surface area contributed by atoms with E-state index >= 15 is 0 Å². The first-order valence-corrected chi connectivity index (χ1v) is 16.8. The number of nitrogens with one attached hydrogen (secondary N) is 2. The van der Waals surface area contributed by atoms with Crippen LogP contribution in [0.3, 0.4) is 0 Å². The van der Waals surface area contributed by atoms with Gasteiger partial charge in [0.25, 0.3) is 0 Å². The number of benzene rings is 1. The maximum Gasteiger partial charge on any atom is 0.146 e. The number of anilines is 1. The summed E-state index contributed by atoms with van der Waals surface area (Å²) in [5, 5.41) is 6.70. The van der Waals surface area contributed by atoms with Crippen molar-refractivity contribution in [2.75, 3.05) is 18.9 Å². The molecule has 2 fully saturated rings. The molecule has 0 radical (unpaired) electrons. The van der Waals surface area contributed by atoms with Crippen LogP contribution in [0, 0.1) is 24.1 Å². The standard InChI is InChI=1S/C17H31N.C13H18FNO.3C2H6/c1-5-16(15-10-11-17(15,3)4)18-12-14-9-7-6-8-13(14)2;1-9-7-11(14)12(15-2)8-13(9)16-10-5-3-4-6-10;3*1-2/h15-16,18H,5-12H2,1-4H3;7-8,10,15H,3-6H2,1-2H3;3*1-2H3. The summed E-state index contributed by atoms with van der Waals surface area (Å²) in [6.45, 7) is 24.6. The second-order valence-corrected chi connectivity index (χ2v) is 11.5. The summed E-state index contributed by atoms with van der Waals surface area (Å²) in [6, 6.07) is 4.01. The van der Waals surface area contributed by atoms with Crippen LogP contribution < -0.4 is 15.4 Å². The highest BCUT2D eigenvalue weighted by molar-refractivity contribution is 5.52. The van der Waals surface area contributed by atoms with Gasteiger partial charge in [0.2, 0.25) is 0 Å². The van der Waals surface area contributed by atoms with E-state index < -0.39 is 0 Å². The highest BCUT2D eigenvalue weighted by atomic mass is 19.1. The largest absolute Gasteiger partial charge is 0.490 e. The molecule has 0 heterocycles. The fraction of sp³-hybridized carbons (Fsp3) is 0.778. The zero-order chi connectivity index (χ0) is 30.7. The Kier molecular flexibility index (Phi) is 20.4. The molecule has 2 saturated carbocycles. The molecule has 0 amide bonds. The molecule has 234 valence electrons. The van der Waals surface area contributed by atoms with E-state index in [1.54, 1.807) is 24.3 Å². The summed E-state index contributed by atoms with van der Waals surface area (Å²) in [6.07, 6.45) is 14.6. The molecule has 3 nitrogen and oxygen atoms in total. The lowest BCUT2D eigenvalue weighted by molar-refractivity contribution is 0.0367. The summed E-state index contributed by atoms with van der Waals surface area (Å²) in [5.41, 5.74) is 5.30. The Morgan fingerprint density at radius 3 is 2.00 bits per heavy atom. The summed E-state index contributed by atoms with van der Waals surface area (Å²) < 4.78 is 19.3.